The second-order valence-electron chi connectivity index (χ2n) is 7.27. The highest BCUT2D eigenvalue weighted by atomic mass is 127. The number of carbonyl (C=O) groups excluding carboxylic acids is 1. The van der Waals surface area contributed by atoms with Crippen LogP contribution in [0.5, 0.6) is 0 Å². The fourth-order valence-corrected chi connectivity index (χ4v) is 3.95. The van der Waals surface area contributed by atoms with Crippen LogP contribution in [0, 0.1) is 0 Å². The van der Waals surface area contributed by atoms with Crippen molar-refractivity contribution < 1.29 is 4.79 Å². The van der Waals surface area contributed by atoms with Crippen LogP contribution in [0.4, 0.5) is 16.2 Å². The predicted octanol–water partition coefficient (Wildman–Crippen LogP) is 5.95. The van der Waals surface area contributed by atoms with Crippen molar-refractivity contribution in [1.82, 2.24) is 10.2 Å². The number of hydrogen-bond acceptors (Lipinski definition) is 2. The van der Waals surface area contributed by atoms with Crippen molar-refractivity contribution in [2.45, 2.75) is 25.7 Å². The molecule has 1 N–H and O–H groups in total. The molecule has 2 aliphatic rings. The fourth-order valence-electron chi connectivity index (χ4n) is 3.95. The SMILES string of the molecule is CI.O=C(NCCN1CCCCCC1)N1c2ccccc2C=Cc2ccccc21. The minimum atomic E-state index is -0.0616. The summed E-state index contributed by atoms with van der Waals surface area (Å²) in [4.78, 5) is 19.4. The summed E-state index contributed by atoms with van der Waals surface area (Å²) < 4.78 is 0. The molecule has 29 heavy (non-hydrogen) atoms. The van der Waals surface area contributed by atoms with Crippen LogP contribution in [0.15, 0.2) is 48.5 Å². The van der Waals surface area contributed by atoms with E-state index >= 15 is 0 Å². The van der Waals surface area contributed by atoms with Crippen LogP contribution in [0.2, 0.25) is 0 Å². The summed E-state index contributed by atoms with van der Waals surface area (Å²) in [6, 6.07) is 16.0. The van der Waals surface area contributed by atoms with Gasteiger partial charge < -0.3 is 10.2 Å². The molecule has 0 radical (unpaired) electrons. The van der Waals surface area contributed by atoms with E-state index in [9.17, 15) is 4.79 Å². The molecule has 2 amide bonds. The number of halogens is 1. The Morgan fingerprint density at radius 1 is 0.862 bits per heavy atom. The summed E-state index contributed by atoms with van der Waals surface area (Å²) in [6.45, 7) is 3.89. The Bertz CT molecular complexity index is 779. The first kappa shape index (κ1) is 21.8. The summed E-state index contributed by atoms with van der Waals surface area (Å²) in [6.07, 6.45) is 9.37. The van der Waals surface area contributed by atoms with E-state index in [1.807, 2.05) is 46.2 Å². The quantitative estimate of drug-likeness (QED) is 0.416. The first-order chi connectivity index (χ1) is 14.3. The molecular weight excluding hydrogens is 473 g/mol. The van der Waals surface area contributed by atoms with Gasteiger partial charge in [0.05, 0.1) is 11.4 Å². The number of para-hydroxylation sites is 2. The Labute approximate surface area is 188 Å². The molecule has 1 fully saturated rings. The zero-order valence-corrected chi connectivity index (χ0v) is 19.3. The summed E-state index contributed by atoms with van der Waals surface area (Å²) in [5.74, 6) is 0. The van der Waals surface area contributed by atoms with Gasteiger partial charge in [0.1, 0.15) is 0 Å². The van der Waals surface area contributed by atoms with Crippen molar-refractivity contribution in [3.63, 3.8) is 0 Å². The molecule has 4 nitrogen and oxygen atoms in total. The third-order valence-electron chi connectivity index (χ3n) is 5.40. The van der Waals surface area contributed by atoms with Crippen molar-refractivity contribution in [1.29, 1.82) is 0 Å². The largest absolute Gasteiger partial charge is 0.336 e. The third-order valence-corrected chi connectivity index (χ3v) is 5.40. The van der Waals surface area contributed by atoms with E-state index in [0.717, 1.165) is 42.1 Å². The second-order valence-corrected chi connectivity index (χ2v) is 7.27. The number of hydrogen-bond donors (Lipinski definition) is 1. The van der Waals surface area contributed by atoms with Gasteiger partial charge in [-0.1, -0.05) is 84.0 Å². The van der Waals surface area contributed by atoms with E-state index in [1.54, 1.807) is 0 Å². The van der Waals surface area contributed by atoms with Crippen molar-refractivity contribution >= 4 is 52.1 Å². The van der Waals surface area contributed by atoms with E-state index in [-0.39, 0.29) is 6.03 Å². The Hall–Kier alpha value is -1.86. The smallest absolute Gasteiger partial charge is 0.326 e. The average molecular weight is 503 g/mol. The van der Waals surface area contributed by atoms with Gasteiger partial charge in [-0.15, -0.1) is 0 Å². The number of carbonyl (C=O) groups is 1. The van der Waals surface area contributed by atoms with Crippen molar-refractivity contribution in [3.8, 4) is 0 Å². The zero-order valence-electron chi connectivity index (χ0n) is 17.1. The molecule has 2 aromatic rings. The van der Waals surface area contributed by atoms with Gasteiger partial charge in [-0.3, -0.25) is 4.90 Å². The van der Waals surface area contributed by atoms with E-state index < -0.39 is 0 Å². The highest BCUT2D eigenvalue weighted by Crippen LogP contribution is 2.36. The number of urea groups is 1. The Morgan fingerprint density at radius 2 is 1.38 bits per heavy atom. The van der Waals surface area contributed by atoms with Crippen LogP contribution in [0.3, 0.4) is 0 Å². The number of nitrogens with zero attached hydrogens (tertiary/aromatic N) is 2. The number of rotatable bonds is 3. The van der Waals surface area contributed by atoms with Crippen LogP contribution in [-0.4, -0.2) is 42.0 Å². The maximum Gasteiger partial charge on any atom is 0.326 e. The fraction of sp³-hybridized carbons (Fsp3) is 0.375. The minimum absolute atomic E-state index is 0.0616. The lowest BCUT2D eigenvalue weighted by atomic mass is 10.1. The lowest BCUT2D eigenvalue weighted by Crippen LogP contribution is -2.41. The maximum absolute atomic E-state index is 13.2. The van der Waals surface area contributed by atoms with Crippen LogP contribution in [0.25, 0.3) is 12.2 Å². The molecule has 0 aliphatic carbocycles. The minimum Gasteiger partial charge on any atom is -0.336 e. The van der Waals surface area contributed by atoms with Crippen molar-refractivity contribution in [2.75, 3.05) is 36.0 Å². The van der Waals surface area contributed by atoms with Gasteiger partial charge in [0, 0.05) is 13.1 Å². The molecule has 1 saturated heterocycles. The number of amides is 2. The van der Waals surface area contributed by atoms with Crippen LogP contribution < -0.4 is 10.2 Å². The predicted molar refractivity (Wildman–Crippen MR) is 132 cm³/mol. The van der Waals surface area contributed by atoms with Gasteiger partial charge in [-0.05, 0) is 54.1 Å². The standard InChI is InChI=1S/C23H27N3O.CH3I/c27-23(24-15-18-25-16-7-1-2-8-17-25)26-21-11-5-3-9-19(21)13-14-20-10-4-6-12-22(20)26;1-2/h3-6,9-14H,1-2,7-8,15-18H2,(H,24,27);1H3. The van der Waals surface area contributed by atoms with Gasteiger partial charge in [-0.25, -0.2) is 4.79 Å². The number of fused-ring (bicyclic) bond motifs is 2. The van der Waals surface area contributed by atoms with Gasteiger partial charge in [-0.2, -0.15) is 0 Å². The van der Waals surface area contributed by atoms with Gasteiger partial charge >= 0.3 is 6.03 Å². The number of nitrogens with one attached hydrogen (secondary N) is 1. The number of likely N-dealkylation sites (tertiary alicyclic amines) is 1. The average Bonchev–Trinajstić information content (AvgIpc) is 3.12. The lowest BCUT2D eigenvalue weighted by molar-refractivity contribution is 0.243. The van der Waals surface area contributed by atoms with Crippen molar-refractivity contribution in [3.05, 3.63) is 59.7 Å². The first-order valence-electron chi connectivity index (χ1n) is 10.4. The highest BCUT2D eigenvalue weighted by Gasteiger charge is 2.23. The molecular formula is C24H30IN3O. The van der Waals surface area contributed by atoms with Crippen LogP contribution in [0.1, 0.15) is 36.8 Å². The molecule has 154 valence electrons. The molecule has 5 heteroatoms. The topological polar surface area (TPSA) is 35.6 Å². The van der Waals surface area contributed by atoms with Gasteiger partial charge in [0.2, 0.25) is 0 Å². The third kappa shape index (κ3) is 5.60. The molecule has 0 unspecified atom stereocenters. The van der Waals surface area contributed by atoms with E-state index in [1.165, 1.54) is 25.7 Å². The second kappa shape index (κ2) is 11.4. The molecule has 4 rings (SSSR count). The summed E-state index contributed by atoms with van der Waals surface area (Å²) in [7, 11) is 0. The van der Waals surface area contributed by atoms with E-state index in [4.69, 9.17) is 0 Å². The number of alkyl halides is 1. The number of anilines is 2. The van der Waals surface area contributed by atoms with Gasteiger partial charge in [0.25, 0.3) is 0 Å². The molecule has 2 aromatic carbocycles. The maximum atomic E-state index is 13.2. The molecule has 0 saturated carbocycles. The molecule has 0 spiro atoms. The Morgan fingerprint density at radius 3 is 1.93 bits per heavy atom. The van der Waals surface area contributed by atoms with Crippen molar-refractivity contribution in [2.24, 2.45) is 0 Å². The van der Waals surface area contributed by atoms with Crippen LogP contribution in [-0.2, 0) is 0 Å². The summed E-state index contributed by atoms with van der Waals surface area (Å²) >= 11 is 2.15. The number of benzene rings is 2. The molecule has 2 aliphatic heterocycles. The van der Waals surface area contributed by atoms with E-state index in [0.29, 0.717) is 6.54 Å². The first-order valence-corrected chi connectivity index (χ1v) is 12.5. The lowest BCUT2D eigenvalue weighted by Gasteiger charge is -2.26. The molecule has 2 heterocycles. The van der Waals surface area contributed by atoms with Crippen LogP contribution >= 0.6 is 22.6 Å². The monoisotopic (exact) mass is 503 g/mol. The molecule has 0 aromatic heterocycles. The Balaban J connectivity index is 0.00000117. The summed E-state index contributed by atoms with van der Waals surface area (Å²) in [5.41, 5.74) is 3.95. The van der Waals surface area contributed by atoms with E-state index in [2.05, 4.69) is 57.1 Å². The Kier molecular flexibility index (Phi) is 8.55. The zero-order chi connectivity index (χ0) is 20.5. The highest BCUT2D eigenvalue weighted by molar-refractivity contribution is 14.1. The normalized spacial score (nSPS) is 15.9. The summed E-state index contributed by atoms with van der Waals surface area (Å²) in [5, 5.41) is 3.15. The van der Waals surface area contributed by atoms with Gasteiger partial charge in [0.15, 0.2) is 0 Å². The molecule has 0 bridgehead atoms. The molecule has 0 atom stereocenters.